The molecule has 0 fully saturated rings. The van der Waals surface area contributed by atoms with Gasteiger partial charge in [-0.3, -0.25) is 5.32 Å². The number of carbonyl (C=O) groups is 1. The normalized spacial score (nSPS) is 12.5. The van der Waals surface area contributed by atoms with E-state index in [4.69, 9.17) is 9.47 Å². The molecule has 0 saturated heterocycles. The topological polar surface area (TPSA) is 85.4 Å². The number of nitrogens with zero attached hydrogens (tertiary/aromatic N) is 2. The molecule has 3 rings (SSSR count). The van der Waals surface area contributed by atoms with Crippen molar-refractivity contribution < 1.29 is 14.3 Å². The zero-order valence-electron chi connectivity index (χ0n) is 13.0. The van der Waals surface area contributed by atoms with E-state index in [1.807, 2.05) is 32.0 Å². The second kappa shape index (κ2) is 6.82. The van der Waals surface area contributed by atoms with E-state index in [0.717, 1.165) is 22.1 Å². The highest BCUT2D eigenvalue weighted by molar-refractivity contribution is 7.15. The summed E-state index contributed by atoms with van der Waals surface area (Å²) in [5.74, 6) is 1.82. The molecule has 2 amide bonds. The van der Waals surface area contributed by atoms with Crippen molar-refractivity contribution in [2.45, 2.75) is 26.2 Å². The third-order valence-corrected chi connectivity index (χ3v) is 4.43. The number of hydrogen-bond acceptors (Lipinski definition) is 6. The Kier molecular flexibility index (Phi) is 4.61. The summed E-state index contributed by atoms with van der Waals surface area (Å²) < 4.78 is 10.6. The average molecular weight is 334 g/mol. The zero-order valence-corrected chi connectivity index (χ0v) is 13.8. The largest absolute Gasteiger partial charge is 0.454 e. The maximum atomic E-state index is 11.8. The molecular weight excluding hydrogens is 316 g/mol. The summed E-state index contributed by atoms with van der Waals surface area (Å²) in [6.07, 6.45) is 0.706. The molecule has 8 heteroatoms. The monoisotopic (exact) mass is 334 g/mol. The second-order valence-electron chi connectivity index (χ2n) is 5.42. The molecule has 1 aliphatic rings. The van der Waals surface area contributed by atoms with Gasteiger partial charge in [0.2, 0.25) is 11.9 Å². The maximum absolute atomic E-state index is 11.8. The summed E-state index contributed by atoms with van der Waals surface area (Å²) in [5, 5.41) is 14.9. The Morgan fingerprint density at radius 3 is 2.91 bits per heavy atom. The minimum absolute atomic E-state index is 0.264. The zero-order chi connectivity index (χ0) is 16.2. The summed E-state index contributed by atoms with van der Waals surface area (Å²) in [7, 11) is 0. The molecule has 7 nitrogen and oxygen atoms in total. The SMILES string of the molecule is CC(C)c1nnc(NC(=O)NCCc2ccc3c(c2)OCO3)s1. The minimum Gasteiger partial charge on any atom is -0.454 e. The van der Waals surface area contributed by atoms with Gasteiger partial charge in [-0.2, -0.15) is 0 Å². The van der Waals surface area contributed by atoms with Crippen LogP contribution in [0.15, 0.2) is 18.2 Å². The lowest BCUT2D eigenvalue weighted by molar-refractivity contribution is 0.174. The fraction of sp³-hybridized carbons (Fsp3) is 0.400. The summed E-state index contributed by atoms with van der Waals surface area (Å²) in [4.78, 5) is 11.8. The lowest BCUT2D eigenvalue weighted by Crippen LogP contribution is -2.30. The van der Waals surface area contributed by atoms with E-state index in [9.17, 15) is 4.79 Å². The van der Waals surface area contributed by atoms with Gasteiger partial charge in [-0.15, -0.1) is 10.2 Å². The van der Waals surface area contributed by atoms with Crippen molar-refractivity contribution in [3.05, 3.63) is 28.8 Å². The number of hydrogen-bond donors (Lipinski definition) is 2. The molecule has 0 atom stereocenters. The van der Waals surface area contributed by atoms with Crippen LogP contribution in [0.1, 0.15) is 30.3 Å². The number of rotatable bonds is 5. The van der Waals surface area contributed by atoms with Crippen LogP contribution in [0.25, 0.3) is 0 Å². The van der Waals surface area contributed by atoms with Crippen molar-refractivity contribution in [1.82, 2.24) is 15.5 Å². The Morgan fingerprint density at radius 2 is 2.13 bits per heavy atom. The first-order chi connectivity index (χ1) is 11.1. The highest BCUT2D eigenvalue weighted by atomic mass is 32.1. The van der Waals surface area contributed by atoms with Crippen LogP contribution in [0, 0.1) is 0 Å². The van der Waals surface area contributed by atoms with Crippen molar-refractivity contribution in [2.24, 2.45) is 0 Å². The van der Waals surface area contributed by atoms with Crippen LogP contribution in [0.3, 0.4) is 0 Å². The van der Waals surface area contributed by atoms with Gasteiger partial charge in [-0.05, 0) is 24.1 Å². The Hall–Kier alpha value is -2.35. The minimum atomic E-state index is -0.280. The molecule has 23 heavy (non-hydrogen) atoms. The van der Waals surface area contributed by atoms with Gasteiger partial charge >= 0.3 is 6.03 Å². The summed E-state index contributed by atoms with van der Waals surface area (Å²) in [6.45, 7) is 4.85. The number of carbonyl (C=O) groups excluding carboxylic acids is 1. The first kappa shape index (κ1) is 15.5. The molecule has 122 valence electrons. The Balaban J connectivity index is 1.45. The summed E-state index contributed by atoms with van der Waals surface area (Å²) >= 11 is 1.39. The van der Waals surface area contributed by atoms with E-state index in [-0.39, 0.29) is 12.8 Å². The van der Waals surface area contributed by atoms with Gasteiger partial charge in [-0.1, -0.05) is 31.3 Å². The van der Waals surface area contributed by atoms with Crippen LogP contribution in [-0.4, -0.2) is 29.6 Å². The lowest BCUT2D eigenvalue weighted by Gasteiger charge is -2.06. The van der Waals surface area contributed by atoms with E-state index in [2.05, 4.69) is 20.8 Å². The molecule has 0 radical (unpaired) electrons. The average Bonchev–Trinajstić information content (AvgIpc) is 3.15. The number of amides is 2. The van der Waals surface area contributed by atoms with Gasteiger partial charge in [-0.25, -0.2) is 4.79 Å². The van der Waals surface area contributed by atoms with E-state index < -0.39 is 0 Å². The number of urea groups is 1. The van der Waals surface area contributed by atoms with Crippen molar-refractivity contribution in [3.8, 4) is 11.5 Å². The van der Waals surface area contributed by atoms with Crippen molar-refractivity contribution in [2.75, 3.05) is 18.7 Å². The van der Waals surface area contributed by atoms with Crippen LogP contribution in [0.5, 0.6) is 11.5 Å². The van der Waals surface area contributed by atoms with Crippen LogP contribution in [0.4, 0.5) is 9.93 Å². The molecule has 0 saturated carbocycles. The molecule has 0 unspecified atom stereocenters. The van der Waals surface area contributed by atoms with Crippen LogP contribution < -0.4 is 20.1 Å². The molecule has 1 aromatic heterocycles. The molecular formula is C15H18N4O3S. The van der Waals surface area contributed by atoms with E-state index in [1.54, 1.807) is 0 Å². The first-order valence-corrected chi connectivity index (χ1v) is 8.20. The second-order valence-corrected chi connectivity index (χ2v) is 6.43. The van der Waals surface area contributed by atoms with Gasteiger partial charge in [0.15, 0.2) is 11.5 Å². The number of anilines is 1. The lowest BCUT2D eigenvalue weighted by atomic mass is 10.1. The van der Waals surface area contributed by atoms with Gasteiger partial charge in [0.05, 0.1) is 0 Å². The van der Waals surface area contributed by atoms with E-state index in [1.165, 1.54) is 11.3 Å². The molecule has 1 aliphatic heterocycles. The fourth-order valence-electron chi connectivity index (χ4n) is 2.08. The third-order valence-electron chi connectivity index (χ3n) is 3.29. The smallest absolute Gasteiger partial charge is 0.321 e. The number of aromatic nitrogens is 2. The van der Waals surface area contributed by atoms with Gasteiger partial charge in [0, 0.05) is 12.5 Å². The number of ether oxygens (including phenoxy) is 2. The van der Waals surface area contributed by atoms with Crippen molar-refractivity contribution in [3.63, 3.8) is 0 Å². The Bertz CT molecular complexity index is 702. The standard InChI is InChI=1S/C15H18N4O3S/c1-9(2)13-18-19-15(23-13)17-14(20)16-6-5-10-3-4-11-12(7-10)22-8-21-11/h3-4,7,9H,5-6,8H2,1-2H3,(H2,16,17,19,20). The number of nitrogens with one attached hydrogen (secondary N) is 2. The summed E-state index contributed by atoms with van der Waals surface area (Å²) in [5.41, 5.74) is 1.08. The van der Waals surface area contributed by atoms with Gasteiger partial charge < -0.3 is 14.8 Å². The Labute approximate surface area is 138 Å². The van der Waals surface area contributed by atoms with Crippen molar-refractivity contribution in [1.29, 1.82) is 0 Å². The fourth-order valence-corrected chi connectivity index (χ4v) is 2.82. The highest BCUT2D eigenvalue weighted by Crippen LogP contribution is 2.32. The number of fused-ring (bicyclic) bond motifs is 1. The molecule has 0 bridgehead atoms. The first-order valence-electron chi connectivity index (χ1n) is 7.38. The van der Waals surface area contributed by atoms with Gasteiger partial charge in [0.25, 0.3) is 0 Å². The molecule has 2 N–H and O–H groups in total. The van der Waals surface area contributed by atoms with E-state index in [0.29, 0.717) is 24.0 Å². The predicted molar refractivity (Wildman–Crippen MR) is 87.3 cm³/mol. The molecule has 2 heterocycles. The van der Waals surface area contributed by atoms with Gasteiger partial charge in [0.1, 0.15) is 5.01 Å². The number of benzene rings is 1. The molecule has 1 aromatic carbocycles. The summed E-state index contributed by atoms with van der Waals surface area (Å²) in [6, 6.07) is 5.50. The third kappa shape index (κ3) is 3.89. The Morgan fingerprint density at radius 1 is 1.30 bits per heavy atom. The van der Waals surface area contributed by atoms with Crippen LogP contribution in [-0.2, 0) is 6.42 Å². The van der Waals surface area contributed by atoms with E-state index >= 15 is 0 Å². The molecule has 0 spiro atoms. The predicted octanol–water partition coefficient (Wildman–Crippen LogP) is 2.75. The molecule has 0 aliphatic carbocycles. The van der Waals surface area contributed by atoms with Crippen LogP contribution >= 0.6 is 11.3 Å². The maximum Gasteiger partial charge on any atom is 0.321 e. The highest BCUT2D eigenvalue weighted by Gasteiger charge is 2.13. The quantitative estimate of drug-likeness (QED) is 0.878. The van der Waals surface area contributed by atoms with Crippen LogP contribution in [0.2, 0.25) is 0 Å². The molecule has 2 aromatic rings. The van der Waals surface area contributed by atoms with Crippen molar-refractivity contribution >= 4 is 22.5 Å².